The molecule has 1 amide bonds. The minimum atomic E-state index is -4.72. The van der Waals surface area contributed by atoms with Gasteiger partial charge in [0.2, 0.25) is 11.8 Å². The maximum Gasteiger partial charge on any atom is 0.522 e. The number of carbonyl (C=O) groups excluding carboxylic acids is 1. The number of hydrogen-bond acceptors (Lipinski definition) is 8. The minimum absolute atomic E-state index is 0.169. The molecule has 3 aromatic rings. The lowest BCUT2D eigenvalue weighted by Gasteiger charge is -2.26. The summed E-state index contributed by atoms with van der Waals surface area (Å²) in [6, 6.07) is 7.57. The second-order valence-corrected chi connectivity index (χ2v) is 9.89. The van der Waals surface area contributed by atoms with Crippen molar-refractivity contribution in [3.8, 4) is 6.08 Å². The molecule has 1 aromatic carbocycles. The van der Waals surface area contributed by atoms with Crippen molar-refractivity contribution in [2.45, 2.75) is 24.9 Å². The Hall–Kier alpha value is -2.74. The first-order valence-electron chi connectivity index (χ1n) is 9.88. The fraction of sp³-hybridized carbons (Fsp3) is 0.368. The summed E-state index contributed by atoms with van der Waals surface area (Å²) in [7, 11) is -1.21. The Morgan fingerprint density at radius 1 is 1.30 bits per heavy atom. The molecule has 1 aliphatic heterocycles. The van der Waals surface area contributed by atoms with E-state index in [1.54, 1.807) is 24.3 Å². The fourth-order valence-corrected chi connectivity index (χ4v) is 5.40. The van der Waals surface area contributed by atoms with Crippen molar-refractivity contribution in [1.29, 1.82) is 0 Å². The van der Waals surface area contributed by atoms with Crippen molar-refractivity contribution < 1.29 is 31.9 Å². The molecular formula is C19H18ClF3N5O4Si. The van der Waals surface area contributed by atoms with Gasteiger partial charge in [-0.15, -0.1) is 18.3 Å². The number of hydrogen-bond donors (Lipinski definition) is 2. The van der Waals surface area contributed by atoms with Crippen LogP contribution >= 0.6 is 11.6 Å². The number of benzene rings is 1. The molecule has 33 heavy (non-hydrogen) atoms. The normalized spacial score (nSPS) is 17.3. The number of fused-ring (bicyclic) bond motifs is 1. The van der Waals surface area contributed by atoms with E-state index < -0.39 is 21.9 Å². The van der Waals surface area contributed by atoms with Gasteiger partial charge in [0.05, 0.1) is 23.2 Å². The molecule has 9 nitrogen and oxygen atoms in total. The smallest absolute Gasteiger partial charge is 0.447 e. The highest BCUT2D eigenvalue weighted by Crippen LogP contribution is 2.24. The average Bonchev–Trinajstić information content (AvgIpc) is 3.25. The quantitative estimate of drug-likeness (QED) is 0.376. The van der Waals surface area contributed by atoms with Gasteiger partial charge in [-0.3, -0.25) is 14.5 Å². The molecule has 0 bridgehead atoms. The van der Waals surface area contributed by atoms with E-state index in [9.17, 15) is 18.0 Å². The van der Waals surface area contributed by atoms with E-state index in [1.807, 2.05) is 0 Å². The van der Waals surface area contributed by atoms with Crippen LogP contribution in [0.4, 0.5) is 13.2 Å². The molecule has 14 heteroatoms. The molecular weight excluding hydrogens is 483 g/mol. The summed E-state index contributed by atoms with van der Waals surface area (Å²) in [5.41, 5.74) is 1.20. The summed E-state index contributed by atoms with van der Waals surface area (Å²) in [4.78, 5) is 20.0. The highest BCUT2D eigenvalue weighted by atomic mass is 35.5. The number of alkyl halides is 3. The van der Waals surface area contributed by atoms with Gasteiger partial charge in [-0.05, 0) is 30.7 Å². The van der Waals surface area contributed by atoms with Gasteiger partial charge < -0.3 is 19.5 Å². The topological polar surface area (TPSA) is 111 Å². The molecule has 1 saturated heterocycles. The lowest BCUT2D eigenvalue weighted by Crippen LogP contribution is -2.50. The summed E-state index contributed by atoms with van der Waals surface area (Å²) in [6.07, 6.45) is -2.20. The highest BCUT2D eigenvalue weighted by Gasteiger charge is 2.30. The Bertz CT molecular complexity index is 1120. The number of ether oxygens (including phenoxy) is 2. The molecule has 2 N–H and O–H groups in total. The van der Waals surface area contributed by atoms with E-state index >= 15 is 0 Å². The molecule has 1 radical (unpaired) electrons. The number of halogens is 4. The number of amides is 1. The van der Waals surface area contributed by atoms with Crippen molar-refractivity contribution in [3.63, 3.8) is 0 Å². The number of rotatable bonds is 7. The van der Waals surface area contributed by atoms with Gasteiger partial charge >= 0.3 is 12.4 Å². The first-order valence-corrected chi connectivity index (χ1v) is 12.2. The summed E-state index contributed by atoms with van der Waals surface area (Å²) in [5, 5.41) is 12.2. The van der Waals surface area contributed by atoms with E-state index in [2.05, 4.69) is 30.2 Å². The Kier molecular flexibility index (Phi) is 7.12. The summed E-state index contributed by atoms with van der Waals surface area (Å²) in [5.74, 6) is 0.103. The molecule has 3 heterocycles. The van der Waals surface area contributed by atoms with E-state index in [4.69, 9.17) is 20.8 Å². The standard InChI is InChI=1S/C19H18ClF3N5O4Si/c20-13-7-11-1-2-12(8-15(11)24-9-13)16(29)28-33-6-3-14(25-10-33)17-26-27-18(32-17)30-4-5-31-19(21,22)23/h1-2,7-9,14,25H,3-6,10H2,(H,28,29)/t14-/m1/s1. The molecule has 2 aromatic heterocycles. The largest absolute Gasteiger partial charge is 0.522 e. The fourth-order valence-electron chi connectivity index (χ4n) is 3.25. The van der Waals surface area contributed by atoms with Gasteiger partial charge in [-0.1, -0.05) is 22.8 Å². The van der Waals surface area contributed by atoms with E-state index in [0.717, 1.165) is 11.4 Å². The van der Waals surface area contributed by atoms with Gasteiger partial charge in [0.1, 0.15) is 6.61 Å². The van der Waals surface area contributed by atoms with Crippen LogP contribution < -0.4 is 15.0 Å². The van der Waals surface area contributed by atoms with Crippen LogP contribution in [0.1, 0.15) is 28.7 Å². The van der Waals surface area contributed by atoms with Gasteiger partial charge in [-0.2, -0.15) is 0 Å². The molecule has 0 saturated carbocycles. The lowest BCUT2D eigenvalue weighted by atomic mass is 10.1. The van der Waals surface area contributed by atoms with E-state index in [1.165, 1.54) is 6.20 Å². The number of aromatic nitrogens is 3. The van der Waals surface area contributed by atoms with Crippen LogP contribution in [-0.4, -0.2) is 55.8 Å². The number of pyridine rings is 1. The first-order chi connectivity index (χ1) is 15.8. The maximum absolute atomic E-state index is 12.7. The van der Waals surface area contributed by atoms with Crippen molar-refractivity contribution in [2.24, 2.45) is 0 Å². The van der Waals surface area contributed by atoms with Crippen LogP contribution in [0.25, 0.3) is 10.9 Å². The summed E-state index contributed by atoms with van der Waals surface area (Å²) >= 11 is 5.94. The van der Waals surface area contributed by atoms with Crippen LogP contribution in [0, 0.1) is 0 Å². The zero-order chi connectivity index (χ0) is 23.4. The van der Waals surface area contributed by atoms with Gasteiger partial charge in [0.25, 0.3) is 0 Å². The third-order valence-corrected chi connectivity index (χ3v) is 7.11. The molecule has 0 aliphatic carbocycles. The summed E-state index contributed by atoms with van der Waals surface area (Å²) < 4.78 is 49.8. The molecule has 1 aliphatic rings. The van der Waals surface area contributed by atoms with Gasteiger partial charge in [0, 0.05) is 23.3 Å². The molecule has 4 rings (SSSR count). The molecule has 0 spiro atoms. The molecule has 1 fully saturated rings. The molecule has 175 valence electrons. The predicted octanol–water partition coefficient (Wildman–Crippen LogP) is 3.18. The zero-order valence-electron chi connectivity index (χ0n) is 17.0. The predicted molar refractivity (Wildman–Crippen MR) is 112 cm³/mol. The number of carbonyl (C=O) groups is 1. The third-order valence-electron chi connectivity index (χ3n) is 4.79. The van der Waals surface area contributed by atoms with Crippen LogP contribution in [-0.2, 0) is 4.74 Å². The SMILES string of the molecule is O=C(N[Si]1CC[C@H](c2nnc(OCCOC(F)(F)F)o2)NC1)c1ccc2cc(Cl)cnc2c1. The van der Waals surface area contributed by atoms with Gasteiger partial charge in [-0.25, -0.2) is 0 Å². The van der Waals surface area contributed by atoms with Crippen LogP contribution in [0.3, 0.4) is 0 Å². The zero-order valence-corrected chi connectivity index (χ0v) is 18.7. The van der Waals surface area contributed by atoms with Crippen molar-refractivity contribution in [1.82, 2.24) is 25.5 Å². The summed E-state index contributed by atoms with van der Waals surface area (Å²) in [6.45, 7) is -1.06. The Morgan fingerprint density at radius 3 is 2.91 bits per heavy atom. The monoisotopic (exact) mass is 500 g/mol. The van der Waals surface area contributed by atoms with Crippen molar-refractivity contribution >= 4 is 37.4 Å². The number of nitrogens with zero attached hydrogens (tertiary/aromatic N) is 3. The average molecular weight is 501 g/mol. The number of nitrogens with one attached hydrogen (secondary N) is 2. The van der Waals surface area contributed by atoms with Crippen molar-refractivity contribution in [3.05, 3.63) is 46.9 Å². The second kappa shape index (κ2) is 10.0. The molecule has 1 atom stereocenters. The second-order valence-electron chi connectivity index (χ2n) is 7.14. The van der Waals surface area contributed by atoms with Gasteiger partial charge in [0.15, 0.2) is 8.96 Å². The highest BCUT2D eigenvalue weighted by molar-refractivity contribution is 6.60. The lowest BCUT2D eigenvalue weighted by molar-refractivity contribution is -0.325. The van der Waals surface area contributed by atoms with E-state index in [-0.39, 0.29) is 30.5 Å². The molecule has 0 unspecified atom stereocenters. The minimum Gasteiger partial charge on any atom is -0.447 e. The Morgan fingerprint density at radius 2 is 2.15 bits per heavy atom. The van der Waals surface area contributed by atoms with Crippen LogP contribution in [0.2, 0.25) is 11.1 Å². The van der Waals surface area contributed by atoms with Crippen LogP contribution in [0.15, 0.2) is 34.9 Å². The Balaban J connectivity index is 1.25. The maximum atomic E-state index is 12.7. The van der Waals surface area contributed by atoms with Crippen LogP contribution in [0.5, 0.6) is 6.08 Å². The van der Waals surface area contributed by atoms with Crippen molar-refractivity contribution in [2.75, 3.05) is 19.4 Å². The third kappa shape index (κ3) is 6.40. The Labute approximate surface area is 192 Å². The van der Waals surface area contributed by atoms with E-state index in [0.29, 0.717) is 28.7 Å². The first kappa shape index (κ1) is 23.4.